The monoisotopic (exact) mass is 304 g/mol. The van der Waals surface area contributed by atoms with Gasteiger partial charge in [0.15, 0.2) is 0 Å². The lowest BCUT2D eigenvalue weighted by Gasteiger charge is -1.95. The van der Waals surface area contributed by atoms with Crippen molar-refractivity contribution in [2.75, 3.05) is 0 Å². The number of carbonyl (C=O) groups excluding carboxylic acids is 1. The summed E-state index contributed by atoms with van der Waals surface area (Å²) in [6, 6.07) is 8.03. The van der Waals surface area contributed by atoms with Gasteiger partial charge in [0, 0.05) is 35.7 Å². The van der Waals surface area contributed by atoms with E-state index in [-0.39, 0.29) is 5.91 Å². The third-order valence-electron chi connectivity index (χ3n) is 2.68. The lowest BCUT2D eigenvalue weighted by atomic mass is 10.1. The topological polar surface area (TPSA) is 133 Å². The van der Waals surface area contributed by atoms with Crippen molar-refractivity contribution in [1.82, 2.24) is 4.98 Å². The first kappa shape index (κ1) is 17.0. The fourth-order valence-corrected chi connectivity index (χ4v) is 1.74. The van der Waals surface area contributed by atoms with Crippen LogP contribution in [0.1, 0.15) is 12.0 Å². The lowest BCUT2D eigenvalue weighted by molar-refractivity contribution is -0.134. The highest BCUT2D eigenvalue weighted by Crippen LogP contribution is 2.18. The van der Waals surface area contributed by atoms with Gasteiger partial charge in [-0.2, -0.15) is 0 Å². The van der Waals surface area contributed by atoms with E-state index in [4.69, 9.17) is 15.9 Å². The molecule has 0 bridgehead atoms. The van der Waals surface area contributed by atoms with E-state index in [2.05, 4.69) is 4.98 Å². The van der Waals surface area contributed by atoms with Crippen molar-refractivity contribution in [3.8, 4) is 0 Å². The molecule has 1 heterocycles. The maximum absolute atomic E-state index is 10.6. The van der Waals surface area contributed by atoms with Crippen LogP contribution in [0, 0.1) is 0 Å². The summed E-state index contributed by atoms with van der Waals surface area (Å²) < 4.78 is 0. The van der Waals surface area contributed by atoms with Crippen LogP contribution >= 0.6 is 0 Å². The number of aryl methyl sites for hydroxylation is 1. The molecule has 0 atom stereocenters. The Morgan fingerprint density at radius 3 is 2.23 bits per heavy atom. The molecule has 0 fully saturated rings. The molecule has 0 unspecified atom stereocenters. The van der Waals surface area contributed by atoms with Crippen molar-refractivity contribution in [3.05, 3.63) is 48.2 Å². The molecule has 0 saturated carbocycles. The molecule has 1 amide bonds. The van der Waals surface area contributed by atoms with E-state index in [0.29, 0.717) is 25.0 Å². The van der Waals surface area contributed by atoms with Gasteiger partial charge in [0.25, 0.3) is 0 Å². The summed E-state index contributed by atoms with van der Waals surface area (Å²) in [5.41, 5.74) is 7.36. The molecule has 7 heteroatoms. The number of carboxylic acids is 2. The molecule has 5 N–H and O–H groups in total. The van der Waals surface area contributed by atoms with Crippen molar-refractivity contribution in [1.29, 1.82) is 0 Å². The molecular weight excluding hydrogens is 288 g/mol. The largest absolute Gasteiger partial charge is 0.478 e. The summed E-state index contributed by atoms with van der Waals surface area (Å²) in [6.45, 7) is 0. The van der Waals surface area contributed by atoms with Gasteiger partial charge in [-0.25, -0.2) is 9.59 Å². The number of rotatable bonds is 5. The van der Waals surface area contributed by atoms with Gasteiger partial charge in [-0.3, -0.25) is 4.79 Å². The highest BCUT2D eigenvalue weighted by Gasteiger charge is 2.03. The normalized spacial score (nSPS) is 10.2. The minimum absolute atomic E-state index is 0.254. The van der Waals surface area contributed by atoms with Crippen molar-refractivity contribution >= 4 is 28.7 Å². The molecule has 2 rings (SSSR count). The maximum atomic E-state index is 10.6. The number of aromatic amines is 1. The average molecular weight is 304 g/mol. The summed E-state index contributed by atoms with van der Waals surface area (Å²) in [7, 11) is 0. The first-order chi connectivity index (χ1) is 10.4. The zero-order valence-corrected chi connectivity index (χ0v) is 11.7. The first-order valence-corrected chi connectivity index (χ1v) is 6.37. The van der Waals surface area contributed by atoms with Crippen molar-refractivity contribution in [2.24, 2.45) is 5.73 Å². The third-order valence-corrected chi connectivity index (χ3v) is 2.68. The van der Waals surface area contributed by atoms with E-state index in [1.54, 1.807) is 0 Å². The highest BCUT2D eigenvalue weighted by atomic mass is 16.4. The second-order valence-electron chi connectivity index (χ2n) is 4.34. The number of aromatic nitrogens is 1. The van der Waals surface area contributed by atoms with Gasteiger partial charge >= 0.3 is 11.9 Å². The van der Waals surface area contributed by atoms with Crippen LogP contribution in [-0.2, 0) is 20.8 Å². The SMILES string of the molecule is NC(=O)CCc1c[nH]c2ccccc12.O=C(O)/C=C/C(=O)O. The summed E-state index contributed by atoms with van der Waals surface area (Å²) in [5, 5.41) is 16.8. The number of hydrogen-bond acceptors (Lipinski definition) is 3. The van der Waals surface area contributed by atoms with E-state index in [1.807, 2.05) is 30.5 Å². The van der Waals surface area contributed by atoms with Crippen molar-refractivity contribution in [2.45, 2.75) is 12.8 Å². The number of hydrogen-bond donors (Lipinski definition) is 4. The standard InChI is InChI=1S/C11H12N2O.C4H4O4/c12-11(14)6-5-8-7-13-10-4-2-1-3-9(8)10;5-3(6)1-2-4(7)8/h1-4,7,13H,5-6H2,(H2,12,14);1-2H,(H,5,6)(H,7,8)/b;2-1+. The van der Waals surface area contributed by atoms with E-state index in [1.165, 1.54) is 5.39 Å². The molecule has 0 aliphatic carbocycles. The van der Waals surface area contributed by atoms with Gasteiger partial charge in [0.1, 0.15) is 0 Å². The number of nitrogens with one attached hydrogen (secondary N) is 1. The lowest BCUT2D eigenvalue weighted by Crippen LogP contribution is -2.10. The minimum atomic E-state index is -1.26. The van der Waals surface area contributed by atoms with Crippen molar-refractivity contribution < 1.29 is 24.6 Å². The van der Waals surface area contributed by atoms with Crippen LogP contribution in [0.25, 0.3) is 10.9 Å². The van der Waals surface area contributed by atoms with Crippen molar-refractivity contribution in [3.63, 3.8) is 0 Å². The zero-order chi connectivity index (χ0) is 16.5. The van der Waals surface area contributed by atoms with Gasteiger partial charge in [0.05, 0.1) is 0 Å². The Morgan fingerprint density at radius 2 is 1.68 bits per heavy atom. The Morgan fingerprint density at radius 1 is 1.09 bits per heavy atom. The Balaban J connectivity index is 0.000000261. The number of primary amides is 1. The molecule has 2 aromatic rings. The number of aliphatic carboxylic acids is 2. The molecule has 0 aliphatic rings. The van der Waals surface area contributed by atoms with Crippen LogP contribution in [0.2, 0.25) is 0 Å². The van der Waals surface area contributed by atoms with Crippen LogP contribution in [0.4, 0.5) is 0 Å². The number of carboxylic acid groups (broad SMARTS) is 2. The number of H-pyrrole nitrogens is 1. The number of fused-ring (bicyclic) bond motifs is 1. The molecule has 0 radical (unpaired) electrons. The van der Waals surface area contributed by atoms with Gasteiger partial charge in [0.2, 0.25) is 5.91 Å². The number of para-hydroxylation sites is 1. The number of nitrogens with two attached hydrogens (primary N) is 1. The summed E-state index contributed by atoms with van der Waals surface area (Å²) in [4.78, 5) is 32.9. The smallest absolute Gasteiger partial charge is 0.328 e. The van der Waals surface area contributed by atoms with Crippen LogP contribution in [0.15, 0.2) is 42.6 Å². The van der Waals surface area contributed by atoms with Crippen LogP contribution in [0.3, 0.4) is 0 Å². The predicted octanol–water partition coefficient (Wildman–Crippen LogP) is 1.30. The van der Waals surface area contributed by atoms with Gasteiger partial charge < -0.3 is 20.9 Å². The quantitative estimate of drug-likeness (QED) is 0.618. The fraction of sp³-hybridized carbons (Fsp3) is 0.133. The summed E-state index contributed by atoms with van der Waals surface area (Å²) in [5.74, 6) is -2.77. The van der Waals surface area contributed by atoms with E-state index in [9.17, 15) is 14.4 Å². The number of benzene rings is 1. The van der Waals surface area contributed by atoms with Crippen LogP contribution < -0.4 is 5.73 Å². The van der Waals surface area contributed by atoms with E-state index in [0.717, 1.165) is 11.1 Å². The minimum Gasteiger partial charge on any atom is -0.478 e. The second kappa shape index (κ2) is 8.25. The molecule has 116 valence electrons. The maximum Gasteiger partial charge on any atom is 0.328 e. The molecule has 0 spiro atoms. The van der Waals surface area contributed by atoms with Crippen LogP contribution in [-0.4, -0.2) is 33.0 Å². The molecule has 0 saturated heterocycles. The van der Waals surface area contributed by atoms with Crippen LogP contribution in [0.5, 0.6) is 0 Å². The summed E-state index contributed by atoms with van der Waals surface area (Å²) >= 11 is 0. The average Bonchev–Trinajstić information content (AvgIpc) is 2.87. The number of amides is 1. The molecule has 22 heavy (non-hydrogen) atoms. The molecule has 0 aliphatic heterocycles. The zero-order valence-electron chi connectivity index (χ0n) is 11.7. The molecule has 1 aromatic heterocycles. The Kier molecular flexibility index (Phi) is 6.36. The van der Waals surface area contributed by atoms with E-state index < -0.39 is 11.9 Å². The molecule has 1 aromatic carbocycles. The second-order valence-corrected chi connectivity index (χ2v) is 4.34. The highest BCUT2D eigenvalue weighted by molar-refractivity contribution is 5.89. The predicted molar refractivity (Wildman–Crippen MR) is 80.2 cm³/mol. The molecular formula is C15H16N2O5. The Bertz CT molecular complexity index is 687. The third kappa shape index (κ3) is 5.91. The van der Waals surface area contributed by atoms with Gasteiger partial charge in [-0.1, -0.05) is 18.2 Å². The Labute approximate surface area is 126 Å². The van der Waals surface area contributed by atoms with Gasteiger partial charge in [-0.05, 0) is 18.1 Å². The van der Waals surface area contributed by atoms with E-state index >= 15 is 0 Å². The van der Waals surface area contributed by atoms with Gasteiger partial charge in [-0.15, -0.1) is 0 Å². The first-order valence-electron chi connectivity index (χ1n) is 6.37. The fourth-order valence-electron chi connectivity index (χ4n) is 1.74. The number of carbonyl (C=O) groups is 3. The summed E-state index contributed by atoms with van der Waals surface area (Å²) in [6.07, 6.45) is 4.17. The molecule has 7 nitrogen and oxygen atoms in total. The Hall–Kier alpha value is -3.09.